The zero-order chi connectivity index (χ0) is 11.8. The number of carbonyl (C=O) groups is 2. The maximum atomic E-state index is 12.3. The van der Waals surface area contributed by atoms with Crippen LogP contribution in [0.25, 0.3) is 0 Å². The fourth-order valence-corrected chi connectivity index (χ4v) is 2.98. The van der Waals surface area contributed by atoms with Gasteiger partial charge in [0.25, 0.3) is 0 Å². The van der Waals surface area contributed by atoms with Crippen LogP contribution < -0.4 is 0 Å². The number of nitrogens with zero attached hydrogens (tertiary/aromatic N) is 1. The molecule has 0 aromatic heterocycles. The molecular formula is C12H19NO3. The molecule has 1 saturated carbocycles. The van der Waals surface area contributed by atoms with Crippen LogP contribution in [0.4, 0.5) is 0 Å². The molecule has 0 aromatic rings. The summed E-state index contributed by atoms with van der Waals surface area (Å²) in [6, 6.07) is -0.579. The first-order valence-corrected chi connectivity index (χ1v) is 6.08. The molecule has 4 nitrogen and oxygen atoms in total. The molecule has 2 aliphatic rings. The molecule has 1 saturated heterocycles. The average molecular weight is 225 g/mol. The highest BCUT2D eigenvalue weighted by Crippen LogP contribution is 2.40. The zero-order valence-electron chi connectivity index (χ0n) is 9.74. The molecule has 2 fully saturated rings. The predicted octanol–water partition coefficient (Wildman–Crippen LogP) is 1.64. The van der Waals surface area contributed by atoms with E-state index >= 15 is 0 Å². The predicted molar refractivity (Wildman–Crippen MR) is 58.9 cm³/mol. The van der Waals surface area contributed by atoms with Crippen LogP contribution in [-0.2, 0) is 9.59 Å². The second-order valence-electron chi connectivity index (χ2n) is 5.26. The molecule has 0 unspecified atom stereocenters. The molecule has 4 heteroatoms. The Hall–Kier alpha value is -1.06. The molecule has 1 N–H and O–H groups in total. The summed E-state index contributed by atoms with van der Waals surface area (Å²) in [5, 5.41) is 9.07. The second-order valence-corrected chi connectivity index (χ2v) is 5.26. The van der Waals surface area contributed by atoms with Crippen LogP contribution >= 0.6 is 0 Å². The Bertz CT molecular complexity index is 307. The number of likely N-dealkylation sites (tertiary alicyclic amines) is 1. The number of amides is 1. The molecule has 90 valence electrons. The van der Waals surface area contributed by atoms with Crippen molar-refractivity contribution in [1.82, 2.24) is 4.90 Å². The smallest absolute Gasteiger partial charge is 0.326 e. The topological polar surface area (TPSA) is 57.6 Å². The van der Waals surface area contributed by atoms with Gasteiger partial charge in [0.2, 0.25) is 5.91 Å². The fraction of sp³-hybridized carbons (Fsp3) is 0.833. The molecule has 16 heavy (non-hydrogen) atoms. The number of carboxylic acid groups (broad SMARTS) is 1. The maximum Gasteiger partial charge on any atom is 0.326 e. The first-order valence-electron chi connectivity index (χ1n) is 6.08. The van der Waals surface area contributed by atoms with E-state index in [0.717, 1.165) is 32.1 Å². The molecule has 0 bridgehead atoms. The van der Waals surface area contributed by atoms with Crippen LogP contribution in [-0.4, -0.2) is 34.5 Å². The van der Waals surface area contributed by atoms with Crippen molar-refractivity contribution in [2.24, 2.45) is 5.41 Å². The number of aliphatic carboxylic acids is 1. The van der Waals surface area contributed by atoms with Gasteiger partial charge in [-0.15, -0.1) is 0 Å². The molecule has 0 spiro atoms. The van der Waals surface area contributed by atoms with Crippen molar-refractivity contribution < 1.29 is 14.7 Å². The summed E-state index contributed by atoms with van der Waals surface area (Å²) in [4.78, 5) is 25.0. The van der Waals surface area contributed by atoms with E-state index in [0.29, 0.717) is 13.0 Å². The highest BCUT2D eigenvalue weighted by molar-refractivity contribution is 5.88. The maximum absolute atomic E-state index is 12.3. The number of carbonyl (C=O) groups excluding carboxylic acids is 1. The van der Waals surface area contributed by atoms with Gasteiger partial charge in [0.1, 0.15) is 6.04 Å². The van der Waals surface area contributed by atoms with Crippen molar-refractivity contribution in [3.63, 3.8) is 0 Å². The van der Waals surface area contributed by atoms with Gasteiger partial charge < -0.3 is 10.0 Å². The second kappa shape index (κ2) is 4.07. The molecule has 1 amide bonds. The number of carboxylic acids is 1. The Balaban J connectivity index is 2.12. The number of hydrogen-bond donors (Lipinski definition) is 1. The van der Waals surface area contributed by atoms with E-state index in [2.05, 4.69) is 0 Å². The van der Waals surface area contributed by atoms with Crippen LogP contribution in [0, 0.1) is 5.41 Å². The highest BCUT2D eigenvalue weighted by Gasteiger charge is 2.44. The summed E-state index contributed by atoms with van der Waals surface area (Å²) in [5.74, 6) is -0.789. The van der Waals surface area contributed by atoms with E-state index in [1.807, 2.05) is 6.92 Å². The monoisotopic (exact) mass is 225 g/mol. The minimum atomic E-state index is -0.854. The fourth-order valence-electron chi connectivity index (χ4n) is 2.98. The van der Waals surface area contributed by atoms with E-state index in [1.54, 1.807) is 4.90 Å². The quantitative estimate of drug-likeness (QED) is 0.777. The van der Waals surface area contributed by atoms with E-state index < -0.39 is 12.0 Å². The summed E-state index contributed by atoms with van der Waals surface area (Å²) in [6.07, 6.45) is 5.43. The largest absolute Gasteiger partial charge is 0.480 e. The summed E-state index contributed by atoms with van der Waals surface area (Å²) in [6.45, 7) is 2.60. The van der Waals surface area contributed by atoms with E-state index in [-0.39, 0.29) is 11.3 Å². The lowest BCUT2D eigenvalue weighted by Crippen LogP contribution is -2.46. The highest BCUT2D eigenvalue weighted by atomic mass is 16.4. The van der Waals surface area contributed by atoms with Gasteiger partial charge >= 0.3 is 5.97 Å². The lowest BCUT2D eigenvalue weighted by Gasteiger charge is -2.31. The summed E-state index contributed by atoms with van der Waals surface area (Å²) < 4.78 is 0. The summed E-state index contributed by atoms with van der Waals surface area (Å²) in [5.41, 5.74) is -0.294. The third-order valence-corrected chi connectivity index (χ3v) is 4.02. The van der Waals surface area contributed by atoms with Gasteiger partial charge in [-0.05, 0) is 25.7 Å². The SMILES string of the molecule is CC1(C(=O)N2CCC[C@@H]2C(=O)O)CCCC1. The van der Waals surface area contributed by atoms with Crippen LogP contribution in [0.3, 0.4) is 0 Å². The Morgan fingerprint density at radius 3 is 2.44 bits per heavy atom. The molecule has 1 aliphatic heterocycles. The van der Waals surface area contributed by atoms with Gasteiger partial charge in [-0.25, -0.2) is 4.79 Å². The number of hydrogen-bond acceptors (Lipinski definition) is 2. The van der Waals surface area contributed by atoms with Gasteiger partial charge in [0.05, 0.1) is 0 Å². The van der Waals surface area contributed by atoms with E-state index in [4.69, 9.17) is 5.11 Å². The lowest BCUT2D eigenvalue weighted by molar-refractivity contribution is -0.152. The minimum absolute atomic E-state index is 0.0647. The van der Waals surface area contributed by atoms with Crippen molar-refractivity contribution in [2.75, 3.05) is 6.54 Å². The van der Waals surface area contributed by atoms with Gasteiger partial charge in [-0.3, -0.25) is 4.79 Å². The third kappa shape index (κ3) is 1.81. The Morgan fingerprint density at radius 2 is 1.88 bits per heavy atom. The molecule has 1 heterocycles. The third-order valence-electron chi connectivity index (χ3n) is 4.02. The molecule has 1 aliphatic carbocycles. The van der Waals surface area contributed by atoms with Gasteiger partial charge in [0.15, 0.2) is 0 Å². The van der Waals surface area contributed by atoms with Crippen LogP contribution in [0.1, 0.15) is 45.4 Å². The zero-order valence-corrected chi connectivity index (χ0v) is 9.74. The van der Waals surface area contributed by atoms with Gasteiger partial charge in [-0.2, -0.15) is 0 Å². The van der Waals surface area contributed by atoms with Crippen molar-refractivity contribution in [3.8, 4) is 0 Å². The van der Waals surface area contributed by atoms with Crippen LogP contribution in [0.15, 0.2) is 0 Å². The Kier molecular flexibility index (Phi) is 2.91. The molecule has 0 radical (unpaired) electrons. The normalized spacial score (nSPS) is 28.3. The van der Waals surface area contributed by atoms with Gasteiger partial charge in [-0.1, -0.05) is 19.8 Å². The van der Waals surface area contributed by atoms with Crippen molar-refractivity contribution >= 4 is 11.9 Å². The van der Waals surface area contributed by atoms with Crippen molar-refractivity contribution in [3.05, 3.63) is 0 Å². The summed E-state index contributed by atoms with van der Waals surface area (Å²) >= 11 is 0. The molecular weight excluding hydrogens is 206 g/mol. The Morgan fingerprint density at radius 1 is 1.25 bits per heavy atom. The van der Waals surface area contributed by atoms with Crippen molar-refractivity contribution in [2.45, 2.75) is 51.5 Å². The first kappa shape index (κ1) is 11.4. The number of rotatable bonds is 2. The molecule has 0 aromatic carbocycles. The lowest BCUT2D eigenvalue weighted by atomic mass is 9.87. The average Bonchev–Trinajstić information content (AvgIpc) is 2.85. The van der Waals surface area contributed by atoms with E-state index in [9.17, 15) is 9.59 Å². The standard InChI is InChI=1S/C12H19NO3/c1-12(6-2-3-7-12)11(16)13-8-4-5-9(13)10(14)15/h9H,2-8H2,1H3,(H,14,15)/t9-/m1/s1. The van der Waals surface area contributed by atoms with Crippen molar-refractivity contribution in [1.29, 1.82) is 0 Å². The Labute approximate surface area is 95.6 Å². The first-order chi connectivity index (χ1) is 7.54. The van der Waals surface area contributed by atoms with E-state index in [1.165, 1.54) is 0 Å². The van der Waals surface area contributed by atoms with Crippen LogP contribution in [0.2, 0.25) is 0 Å². The van der Waals surface area contributed by atoms with Crippen LogP contribution in [0.5, 0.6) is 0 Å². The summed E-state index contributed by atoms with van der Waals surface area (Å²) in [7, 11) is 0. The minimum Gasteiger partial charge on any atom is -0.480 e. The molecule has 1 atom stereocenters. The van der Waals surface area contributed by atoms with Gasteiger partial charge in [0, 0.05) is 12.0 Å². The molecule has 2 rings (SSSR count).